The Morgan fingerprint density at radius 2 is 2.11 bits per heavy atom. The molecule has 1 N–H and O–H groups in total. The fourth-order valence-corrected chi connectivity index (χ4v) is 2.13. The highest BCUT2D eigenvalue weighted by molar-refractivity contribution is 5.92. The van der Waals surface area contributed by atoms with Crippen LogP contribution in [0.15, 0.2) is 6.07 Å². The summed E-state index contributed by atoms with van der Waals surface area (Å²) in [5, 5.41) is 2.94. The number of nitrogens with one attached hydrogen (secondary N) is 1. The summed E-state index contributed by atoms with van der Waals surface area (Å²) in [5.41, 5.74) is 1.31. The Morgan fingerprint density at radius 1 is 1.42 bits per heavy atom. The predicted octanol–water partition coefficient (Wildman–Crippen LogP) is 1.91. The minimum Gasteiger partial charge on any atom is -0.348 e. The molecule has 1 amide bonds. The summed E-state index contributed by atoms with van der Waals surface area (Å²) in [6, 6.07) is 1.91. The first kappa shape index (κ1) is 13.8. The summed E-state index contributed by atoms with van der Waals surface area (Å²) >= 11 is 0. The Balaban J connectivity index is 2.18. The molecular weight excluding hydrogens is 240 g/mol. The summed E-state index contributed by atoms with van der Waals surface area (Å²) in [6.07, 6.45) is 3.26. The van der Waals surface area contributed by atoms with Crippen LogP contribution >= 0.6 is 0 Å². The van der Waals surface area contributed by atoms with Crippen LogP contribution in [0.1, 0.15) is 49.3 Å². The molecule has 5 nitrogen and oxygen atoms in total. The van der Waals surface area contributed by atoms with Gasteiger partial charge in [-0.3, -0.25) is 4.79 Å². The second kappa shape index (κ2) is 5.99. The van der Waals surface area contributed by atoms with Crippen molar-refractivity contribution < 1.29 is 4.79 Å². The molecule has 1 saturated heterocycles. The van der Waals surface area contributed by atoms with Crippen molar-refractivity contribution in [3.63, 3.8) is 0 Å². The molecule has 1 aromatic heterocycles. The molecule has 19 heavy (non-hydrogen) atoms. The van der Waals surface area contributed by atoms with E-state index in [0.29, 0.717) is 11.6 Å². The van der Waals surface area contributed by atoms with Crippen molar-refractivity contribution in [1.82, 2.24) is 15.3 Å². The molecule has 1 fully saturated rings. The minimum absolute atomic E-state index is 0.111. The van der Waals surface area contributed by atoms with E-state index >= 15 is 0 Å². The van der Waals surface area contributed by atoms with E-state index in [0.717, 1.165) is 25.2 Å². The maximum atomic E-state index is 12.1. The van der Waals surface area contributed by atoms with Gasteiger partial charge in [-0.25, -0.2) is 9.97 Å². The van der Waals surface area contributed by atoms with E-state index in [1.54, 1.807) is 6.07 Å². The number of carbonyl (C=O) groups excluding carboxylic acids is 1. The average molecular weight is 262 g/mol. The molecule has 0 aliphatic carbocycles. The zero-order valence-corrected chi connectivity index (χ0v) is 11.9. The van der Waals surface area contributed by atoms with Crippen molar-refractivity contribution in [2.24, 2.45) is 0 Å². The predicted molar refractivity (Wildman–Crippen MR) is 75.4 cm³/mol. The molecule has 2 rings (SSSR count). The van der Waals surface area contributed by atoms with Crippen molar-refractivity contribution >= 4 is 11.9 Å². The lowest BCUT2D eigenvalue weighted by atomic mass is 10.2. The Morgan fingerprint density at radius 3 is 2.74 bits per heavy atom. The van der Waals surface area contributed by atoms with E-state index in [9.17, 15) is 4.79 Å². The van der Waals surface area contributed by atoms with E-state index in [1.807, 2.05) is 20.8 Å². The number of amides is 1. The summed E-state index contributed by atoms with van der Waals surface area (Å²) in [5.74, 6) is 0.576. The smallest absolute Gasteiger partial charge is 0.270 e. The Hall–Kier alpha value is -1.65. The molecule has 1 aliphatic heterocycles. The fourth-order valence-electron chi connectivity index (χ4n) is 2.13. The third-order valence-corrected chi connectivity index (χ3v) is 3.45. The van der Waals surface area contributed by atoms with Gasteiger partial charge in [0.25, 0.3) is 5.91 Å². The molecule has 0 spiro atoms. The largest absolute Gasteiger partial charge is 0.348 e. The molecule has 1 aromatic rings. The number of hydrogen-bond acceptors (Lipinski definition) is 4. The lowest BCUT2D eigenvalue weighted by molar-refractivity contribution is 0.0934. The van der Waals surface area contributed by atoms with Crippen molar-refractivity contribution in [3.05, 3.63) is 17.5 Å². The van der Waals surface area contributed by atoms with Gasteiger partial charge in [0.2, 0.25) is 5.95 Å². The molecule has 0 radical (unpaired) electrons. The van der Waals surface area contributed by atoms with Crippen LogP contribution in [-0.2, 0) is 0 Å². The Kier molecular flexibility index (Phi) is 4.35. The van der Waals surface area contributed by atoms with Gasteiger partial charge in [-0.1, -0.05) is 6.92 Å². The zero-order valence-electron chi connectivity index (χ0n) is 11.9. The molecule has 1 unspecified atom stereocenters. The lowest BCUT2D eigenvalue weighted by Gasteiger charge is -2.17. The highest BCUT2D eigenvalue weighted by Gasteiger charge is 2.18. The van der Waals surface area contributed by atoms with Gasteiger partial charge < -0.3 is 10.2 Å². The number of hydrogen-bond donors (Lipinski definition) is 1. The molecule has 1 aliphatic rings. The normalized spacial score (nSPS) is 16.5. The van der Waals surface area contributed by atoms with Crippen LogP contribution in [-0.4, -0.2) is 35.0 Å². The zero-order chi connectivity index (χ0) is 13.8. The van der Waals surface area contributed by atoms with Crippen LogP contribution in [0.25, 0.3) is 0 Å². The highest BCUT2D eigenvalue weighted by Crippen LogP contribution is 2.16. The molecule has 0 aromatic carbocycles. The van der Waals surface area contributed by atoms with E-state index in [-0.39, 0.29) is 11.9 Å². The topological polar surface area (TPSA) is 58.1 Å². The number of anilines is 1. The van der Waals surface area contributed by atoms with Gasteiger partial charge in [0.1, 0.15) is 5.69 Å². The van der Waals surface area contributed by atoms with E-state index in [2.05, 4.69) is 20.2 Å². The van der Waals surface area contributed by atoms with Crippen LogP contribution in [0.2, 0.25) is 0 Å². The maximum Gasteiger partial charge on any atom is 0.270 e. The quantitative estimate of drug-likeness (QED) is 0.900. The second-order valence-electron chi connectivity index (χ2n) is 5.17. The van der Waals surface area contributed by atoms with Gasteiger partial charge in [-0.15, -0.1) is 0 Å². The van der Waals surface area contributed by atoms with Crippen LogP contribution in [0, 0.1) is 6.92 Å². The molecule has 0 saturated carbocycles. The van der Waals surface area contributed by atoms with Gasteiger partial charge in [-0.05, 0) is 39.2 Å². The first-order valence-corrected chi connectivity index (χ1v) is 7.01. The summed E-state index contributed by atoms with van der Waals surface area (Å²) in [6.45, 7) is 7.91. The monoisotopic (exact) mass is 262 g/mol. The molecule has 104 valence electrons. The number of aryl methyl sites for hydroxylation is 1. The van der Waals surface area contributed by atoms with Crippen LogP contribution in [0.4, 0.5) is 5.95 Å². The number of carbonyl (C=O) groups is 1. The molecule has 2 heterocycles. The number of aromatic nitrogens is 2. The SMILES string of the molecule is CCC(C)NC(=O)c1cc(C)nc(N2CCCC2)n1. The maximum absolute atomic E-state index is 12.1. The van der Waals surface area contributed by atoms with Gasteiger partial charge >= 0.3 is 0 Å². The van der Waals surface area contributed by atoms with Crippen LogP contribution < -0.4 is 10.2 Å². The third-order valence-electron chi connectivity index (χ3n) is 3.45. The first-order valence-electron chi connectivity index (χ1n) is 7.01. The summed E-state index contributed by atoms with van der Waals surface area (Å²) in [4.78, 5) is 23.1. The van der Waals surface area contributed by atoms with E-state index in [1.165, 1.54) is 12.8 Å². The Bertz CT molecular complexity index is 455. The standard InChI is InChI=1S/C14H22N4O/c1-4-10(2)15-13(19)12-9-11(3)16-14(17-12)18-7-5-6-8-18/h9-10H,4-8H2,1-3H3,(H,15,19). The van der Waals surface area contributed by atoms with Crippen molar-refractivity contribution in [3.8, 4) is 0 Å². The molecule has 0 bridgehead atoms. The average Bonchev–Trinajstić information content (AvgIpc) is 2.91. The Labute approximate surface area is 114 Å². The van der Waals surface area contributed by atoms with Gasteiger partial charge in [0.05, 0.1) is 0 Å². The second-order valence-corrected chi connectivity index (χ2v) is 5.17. The van der Waals surface area contributed by atoms with Crippen LogP contribution in [0.5, 0.6) is 0 Å². The van der Waals surface area contributed by atoms with Crippen molar-refractivity contribution in [2.75, 3.05) is 18.0 Å². The van der Waals surface area contributed by atoms with Crippen molar-refractivity contribution in [2.45, 2.75) is 46.1 Å². The number of nitrogens with zero attached hydrogens (tertiary/aromatic N) is 3. The highest BCUT2D eigenvalue weighted by atomic mass is 16.1. The van der Waals surface area contributed by atoms with Crippen LogP contribution in [0.3, 0.4) is 0 Å². The van der Waals surface area contributed by atoms with Crippen molar-refractivity contribution in [1.29, 1.82) is 0 Å². The molecule has 5 heteroatoms. The summed E-state index contributed by atoms with van der Waals surface area (Å²) < 4.78 is 0. The molecular formula is C14H22N4O. The fraction of sp³-hybridized carbons (Fsp3) is 0.643. The third kappa shape index (κ3) is 3.43. The van der Waals surface area contributed by atoms with Gasteiger partial charge in [0, 0.05) is 24.8 Å². The van der Waals surface area contributed by atoms with E-state index in [4.69, 9.17) is 0 Å². The van der Waals surface area contributed by atoms with Gasteiger partial charge in [-0.2, -0.15) is 0 Å². The minimum atomic E-state index is -0.111. The summed E-state index contributed by atoms with van der Waals surface area (Å²) in [7, 11) is 0. The lowest BCUT2D eigenvalue weighted by Crippen LogP contribution is -2.33. The number of rotatable bonds is 4. The van der Waals surface area contributed by atoms with Gasteiger partial charge in [0.15, 0.2) is 0 Å². The first-order chi connectivity index (χ1) is 9.10. The van der Waals surface area contributed by atoms with E-state index < -0.39 is 0 Å². The molecule has 1 atom stereocenters.